The van der Waals surface area contributed by atoms with Gasteiger partial charge in [-0.3, -0.25) is 4.79 Å². The molecule has 6 atom stereocenters. The molecule has 0 bridgehead atoms. The van der Waals surface area contributed by atoms with Gasteiger partial charge in [0.25, 0.3) is 0 Å². The summed E-state index contributed by atoms with van der Waals surface area (Å²) in [4.78, 5) is 12.5. The Balaban J connectivity index is 2.39. The van der Waals surface area contributed by atoms with Crippen LogP contribution < -0.4 is 0 Å². The van der Waals surface area contributed by atoms with Crippen molar-refractivity contribution in [3.05, 3.63) is 0 Å². The van der Waals surface area contributed by atoms with E-state index in [-0.39, 0.29) is 19.2 Å². The zero-order valence-electron chi connectivity index (χ0n) is 25.4. The minimum absolute atomic E-state index is 0.108. The number of aliphatic hydroxyl groups is 4. The Morgan fingerprint density at radius 3 is 1.77 bits per heavy atom. The summed E-state index contributed by atoms with van der Waals surface area (Å²) in [5.41, 5.74) is 0. The second-order valence-corrected chi connectivity index (χ2v) is 11.3. The molecule has 1 rings (SSSR count). The Morgan fingerprint density at radius 2 is 1.23 bits per heavy atom. The van der Waals surface area contributed by atoms with Gasteiger partial charge in [-0.15, -0.1) is 0 Å². The van der Waals surface area contributed by atoms with Gasteiger partial charge >= 0.3 is 5.97 Å². The Hall–Kier alpha value is -0.810. The molecule has 9 nitrogen and oxygen atoms in total. The zero-order chi connectivity index (χ0) is 29.4. The summed E-state index contributed by atoms with van der Waals surface area (Å²) in [6.45, 7) is 4.49. The minimum Gasteiger partial charge on any atom is -0.457 e. The summed E-state index contributed by atoms with van der Waals surface area (Å²) in [7, 11) is 0. The van der Waals surface area contributed by atoms with E-state index in [2.05, 4.69) is 13.8 Å². The number of hydrogen-bond donors (Lipinski definition) is 4. The van der Waals surface area contributed by atoms with Crippen LogP contribution in [0.3, 0.4) is 0 Å². The molecular formula is C31H60O9. The molecule has 0 amide bonds. The maximum atomic E-state index is 12.5. The van der Waals surface area contributed by atoms with Crippen molar-refractivity contribution in [2.45, 2.75) is 166 Å². The van der Waals surface area contributed by atoms with Gasteiger partial charge in [0.05, 0.1) is 19.8 Å². The number of unbranched alkanes of at least 4 members (excludes halogenated alkanes) is 15. The Bertz CT molecular complexity index is 589. The lowest BCUT2D eigenvalue weighted by Gasteiger charge is -2.39. The number of esters is 1. The molecule has 1 saturated heterocycles. The van der Waals surface area contributed by atoms with Gasteiger partial charge in [0.2, 0.25) is 0 Å². The number of carbonyl (C=O) groups excluding carboxylic acids is 1. The first-order valence-corrected chi connectivity index (χ1v) is 16.1. The lowest BCUT2D eigenvalue weighted by atomic mass is 9.99. The van der Waals surface area contributed by atoms with Crippen molar-refractivity contribution < 1.29 is 44.2 Å². The summed E-state index contributed by atoms with van der Waals surface area (Å²) in [6, 6.07) is 0. The van der Waals surface area contributed by atoms with Crippen molar-refractivity contribution in [2.75, 3.05) is 26.4 Å². The number of rotatable bonds is 26. The van der Waals surface area contributed by atoms with Crippen LogP contribution in [0.2, 0.25) is 0 Å². The van der Waals surface area contributed by atoms with Gasteiger partial charge in [-0.25, -0.2) is 0 Å². The van der Waals surface area contributed by atoms with Gasteiger partial charge in [-0.2, -0.15) is 0 Å². The van der Waals surface area contributed by atoms with Crippen LogP contribution in [0.15, 0.2) is 0 Å². The standard InChI is InChI=1S/C31H60O9/c1-3-5-7-9-11-12-13-15-17-19-21-37-23-25(39-27(33)20-18-16-14-10-8-6-4-2)24-38-31-30(36)29(35)28(34)26(22-32)40-31/h25-26,28-32,34-36H,3-24H2,1-2H3. The molecule has 0 spiro atoms. The molecule has 0 radical (unpaired) electrons. The van der Waals surface area contributed by atoms with E-state index in [4.69, 9.17) is 18.9 Å². The van der Waals surface area contributed by atoms with Crippen LogP contribution in [0, 0.1) is 0 Å². The average molecular weight is 577 g/mol. The highest BCUT2D eigenvalue weighted by molar-refractivity contribution is 5.69. The van der Waals surface area contributed by atoms with Gasteiger partial charge in [0.1, 0.15) is 30.5 Å². The number of aliphatic hydroxyl groups excluding tert-OH is 4. The van der Waals surface area contributed by atoms with Crippen LogP contribution in [0.4, 0.5) is 0 Å². The van der Waals surface area contributed by atoms with Crippen molar-refractivity contribution in [1.29, 1.82) is 0 Å². The fraction of sp³-hybridized carbons (Fsp3) is 0.968. The number of carbonyl (C=O) groups is 1. The summed E-state index contributed by atoms with van der Waals surface area (Å²) in [6.07, 6.45) is 12.9. The van der Waals surface area contributed by atoms with Gasteiger partial charge in [0, 0.05) is 13.0 Å². The van der Waals surface area contributed by atoms with Gasteiger partial charge in [-0.1, -0.05) is 110 Å². The van der Waals surface area contributed by atoms with E-state index >= 15 is 0 Å². The molecule has 0 aromatic heterocycles. The lowest BCUT2D eigenvalue weighted by molar-refractivity contribution is -0.305. The van der Waals surface area contributed by atoms with E-state index in [1.54, 1.807) is 0 Å². The first-order chi connectivity index (χ1) is 19.4. The van der Waals surface area contributed by atoms with Crippen LogP contribution >= 0.6 is 0 Å². The Kier molecular flexibility index (Phi) is 23.0. The molecule has 1 heterocycles. The van der Waals surface area contributed by atoms with E-state index < -0.39 is 43.4 Å². The molecule has 4 N–H and O–H groups in total. The summed E-state index contributed by atoms with van der Waals surface area (Å²) >= 11 is 0. The topological polar surface area (TPSA) is 135 Å². The van der Waals surface area contributed by atoms with E-state index in [1.165, 1.54) is 77.0 Å². The largest absolute Gasteiger partial charge is 0.457 e. The van der Waals surface area contributed by atoms with Gasteiger partial charge in [-0.05, 0) is 12.8 Å². The second kappa shape index (κ2) is 24.8. The highest BCUT2D eigenvalue weighted by Crippen LogP contribution is 2.22. The van der Waals surface area contributed by atoms with E-state index in [0.717, 1.165) is 32.1 Å². The fourth-order valence-electron chi connectivity index (χ4n) is 4.90. The average Bonchev–Trinajstić information content (AvgIpc) is 2.95. The van der Waals surface area contributed by atoms with Crippen LogP contribution in [-0.2, 0) is 23.7 Å². The van der Waals surface area contributed by atoms with Crippen molar-refractivity contribution in [3.8, 4) is 0 Å². The highest BCUT2D eigenvalue weighted by Gasteiger charge is 2.44. The molecule has 1 aliphatic rings. The molecule has 6 unspecified atom stereocenters. The van der Waals surface area contributed by atoms with Crippen LogP contribution in [-0.4, -0.2) is 89.6 Å². The van der Waals surface area contributed by atoms with Crippen LogP contribution in [0.25, 0.3) is 0 Å². The number of ether oxygens (including phenoxy) is 4. The fourth-order valence-corrected chi connectivity index (χ4v) is 4.90. The van der Waals surface area contributed by atoms with Crippen molar-refractivity contribution in [1.82, 2.24) is 0 Å². The minimum atomic E-state index is -1.53. The predicted molar refractivity (Wildman–Crippen MR) is 155 cm³/mol. The lowest BCUT2D eigenvalue weighted by Crippen LogP contribution is -2.59. The highest BCUT2D eigenvalue weighted by atomic mass is 16.7. The molecular weight excluding hydrogens is 516 g/mol. The van der Waals surface area contributed by atoms with Crippen LogP contribution in [0.1, 0.15) is 129 Å². The van der Waals surface area contributed by atoms with Crippen molar-refractivity contribution in [3.63, 3.8) is 0 Å². The predicted octanol–water partition coefficient (Wildman–Crippen LogP) is 4.79. The molecule has 0 aromatic rings. The molecule has 0 aromatic carbocycles. The van der Waals surface area contributed by atoms with Gasteiger partial charge in [0.15, 0.2) is 6.29 Å². The molecule has 0 saturated carbocycles. The third-order valence-corrected chi connectivity index (χ3v) is 7.52. The Labute approximate surface area is 242 Å². The van der Waals surface area contributed by atoms with Crippen molar-refractivity contribution in [2.24, 2.45) is 0 Å². The third-order valence-electron chi connectivity index (χ3n) is 7.52. The molecule has 40 heavy (non-hydrogen) atoms. The monoisotopic (exact) mass is 576 g/mol. The molecule has 9 heteroatoms. The maximum absolute atomic E-state index is 12.5. The Morgan fingerprint density at radius 1 is 0.700 bits per heavy atom. The molecule has 238 valence electrons. The molecule has 1 fully saturated rings. The van der Waals surface area contributed by atoms with E-state index in [0.29, 0.717) is 13.0 Å². The first kappa shape index (κ1) is 37.2. The van der Waals surface area contributed by atoms with E-state index in [9.17, 15) is 25.2 Å². The SMILES string of the molecule is CCCCCCCCCCCCOCC(COC1OC(CO)C(O)C(O)C1O)OC(=O)CCCCCCCCC. The summed E-state index contributed by atoms with van der Waals surface area (Å²) in [5.74, 6) is -0.321. The quantitative estimate of drug-likeness (QED) is 0.0846. The first-order valence-electron chi connectivity index (χ1n) is 16.1. The maximum Gasteiger partial charge on any atom is 0.306 e. The summed E-state index contributed by atoms with van der Waals surface area (Å²) < 4.78 is 22.5. The molecule has 1 aliphatic heterocycles. The van der Waals surface area contributed by atoms with Crippen molar-refractivity contribution >= 4 is 5.97 Å². The number of hydrogen-bond acceptors (Lipinski definition) is 9. The molecule has 0 aliphatic carbocycles. The normalized spacial score (nSPS) is 23.8. The van der Waals surface area contributed by atoms with Gasteiger partial charge < -0.3 is 39.4 Å². The smallest absolute Gasteiger partial charge is 0.306 e. The zero-order valence-corrected chi connectivity index (χ0v) is 25.4. The van der Waals surface area contributed by atoms with Crippen LogP contribution in [0.5, 0.6) is 0 Å². The third kappa shape index (κ3) is 17.2. The summed E-state index contributed by atoms with van der Waals surface area (Å²) in [5, 5.41) is 39.6. The van der Waals surface area contributed by atoms with E-state index in [1.807, 2.05) is 0 Å². The second-order valence-electron chi connectivity index (χ2n) is 11.3.